The van der Waals surface area contributed by atoms with E-state index in [1.54, 1.807) is 18.2 Å². The monoisotopic (exact) mass is 384 g/mol. The molecule has 0 spiro atoms. The summed E-state index contributed by atoms with van der Waals surface area (Å²) in [6, 6.07) is 14.4. The fraction of sp³-hybridized carbons (Fsp3) is 0.111. The molecular formula is C18H13BrN2O3. The lowest BCUT2D eigenvalue weighted by Gasteiger charge is -2.18. The summed E-state index contributed by atoms with van der Waals surface area (Å²) in [6.07, 6.45) is 1.54. The molecule has 120 valence electrons. The minimum Gasteiger partial charge on any atom is -0.486 e. The van der Waals surface area contributed by atoms with Crippen LogP contribution in [0.1, 0.15) is 5.56 Å². The Kier molecular flexibility index (Phi) is 4.82. The van der Waals surface area contributed by atoms with Crippen LogP contribution < -0.4 is 14.8 Å². The van der Waals surface area contributed by atoms with E-state index in [0.29, 0.717) is 30.4 Å². The van der Waals surface area contributed by atoms with Gasteiger partial charge in [-0.2, -0.15) is 5.26 Å². The van der Waals surface area contributed by atoms with E-state index in [0.717, 1.165) is 10.0 Å². The minimum absolute atomic E-state index is 0.0109. The Morgan fingerprint density at radius 3 is 2.67 bits per heavy atom. The van der Waals surface area contributed by atoms with Gasteiger partial charge in [0.15, 0.2) is 11.5 Å². The molecule has 1 aliphatic heterocycles. The first-order valence-corrected chi connectivity index (χ1v) is 8.04. The van der Waals surface area contributed by atoms with E-state index >= 15 is 0 Å². The maximum absolute atomic E-state index is 12.3. The van der Waals surface area contributed by atoms with E-state index in [2.05, 4.69) is 21.2 Å². The van der Waals surface area contributed by atoms with Crippen LogP contribution in [0, 0.1) is 11.3 Å². The predicted molar refractivity (Wildman–Crippen MR) is 93.8 cm³/mol. The van der Waals surface area contributed by atoms with Crippen LogP contribution in [0.5, 0.6) is 11.5 Å². The number of carbonyl (C=O) groups is 1. The topological polar surface area (TPSA) is 71.4 Å². The summed E-state index contributed by atoms with van der Waals surface area (Å²) in [5.41, 5.74) is 1.31. The van der Waals surface area contributed by atoms with Gasteiger partial charge in [-0.05, 0) is 29.8 Å². The number of nitriles is 1. The van der Waals surface area contributed by atoms with Gasteiger partial charge in [-0.1, -0.05) is 34.1 Å². The van der Waals surface area contributed by atoms with Gasteiger partial charge >= 0.3 is 0 Å². The number of nitrogens with zero attached hydrogens (tertiary/aromatic N) is 1. The highest BCUT2D eigenvalue weighted by Crippen LogP contribution is 2.32. The number of anilines is 1. The highest BCUT2D eigenvalue weighted by molar-refractivity contribution is 9.10. The molecule has 0 bridgehead atoms. The lowest BCUT2D eigenvalue weighted by molar-refractivity contribution is -0.112. The average molecular weight is 385 g/mol. The van der Waals surface area contributed by atoms with E-state index in [1.807, 2.05) is 30.3 Å². The third-order valence-corrected chi connectivity index (χ3v) is 4.09. The van der Waals surface area contributed by atoms with Gasteiger partial charge in [-0.3, -0.25) is 4.79 Å². The largest absolute Gasteiger partial charge is 0.486 e. The molecule has 6 heteroatoms. The van der Waals surface area contributed by atoms with E-state index in [1.165, 1.54) is 6.08 Å². The number of benzene rings is 2. The molecule has 0 aliphatic carbocycles. The van der Waals surface area contributed by atoms with E-state index in [-0.39, 0.29) is 5.57 Å². The summed E-state index contributed by atoms with van der Waals surface area (Å²) < 4.78 is 11.7. The van der Waals surface area contributed by atoms with E-state index in [4.69, 9.17) is 9.47 Å². The van der Waals surface area contributed by atoms with Gasteiger partial charge in [0.25, 0.3) is 5.91 Å². The summed E-state index contributed by atoms with van der Waals surface area (Å²) in [5, 5.41) is 12.0. The Bertz CT molecular complexity index is 856. The summed E-state index contributed by atoms with van der Waals surface area (Å²) in [6.45, 7) is 0.974. The summed E-state index contributed by atoms with van der Waals surface area (Å²) in [5.74, 6) is 0.737. The molecule has 0 aromatic heterocycles. The fourth-order valence-corrected chi connectivity index (χ4v) is 2.62. The molecule has 1 aliphatic rings. The van der Waals surface area contributed by atoms with Crippen LogP contribution in [0.4, 0.5) is 5.69 Å². The molecule has 0 saturated carbocycles. The summed E-state index contributed by atoms with van der Waals surface area (Å²) in [4.78, 5) is 12.3. The number of hydrogen-bond donors (Lipinski definition) is 1. The highest BCUT2D eigenvalue weighted by atomic mass is 79.9. The zero-order chi connectivity index (χ0) is 16.9. The molecule has 1 amide bonds. The van der Waals surface area contributed by atoms with Crippen LogP contribution in [0.15, 0.2) is 52.5 Å². The van der Waals surface area contributed by atoms with Gasteiger partial charge in [0.05, 0.1) is 0 Å². The second kappa shape index (κ2) is 7.20. The molecule has 0 atom stereocenters. The van der Waals surface area contributed by atoms with Crippen LogP contribution in [-0.4, -0.2) is 19.1 Å². The molecule has 0 unspecified atom stereocenters. The molecular weight excluding hydrogens is 372 g/mol. The zero-order valence-corrected chi connectivity index (χ0v) is 14.2. The van der Waals surface area contributed by atoms with Crippen molar-refractivity contribution < 1.29 is 14.3 Å². The Morgan fingerprint density at radius 2 is 1.92 bits per heavy atom. The van der Waals surface area contributed by atoms with Gasteiger partial charge in [-0.25, -0.2) is 0 Å². The Hall–Kier alpha value is -2.78. The van der Waals surface area contributed by atoms with Gasteiger partial charge in [-0.15, -0.1) is 0 Å². The normalized spacial score (nSPS) is 13.1. The first kappa shape index (κ1) is 16.1. The first-order valence-electron chi connectivity index (χ1n) is 7.25. The lowest BCUT2D eigenvalue weighted by atomic mass is 10.1. The second-order valence-electron chi connectivity index (χ2n) is 5.00. The molecule has 0 fully saturated rings. The molecule has 0 saturated heterocycles. The van der Waals surface area contributed by atoms with Crippen molar-refractivity contribution in [2.75, 3.05) is 18.5 Å². The molecule has 2 aromatic carbocycles. The third-order valence-electron chi connectivity index (χ3n) is 3.37. The van der Waals surface area contributed by atoms with Crippen molar-refractivity contribution in [1.29, 1.82) is 5.26 Å². The van der Waals surface area contributed by atoms with Crippen molar-refractivity contribution >= 4 is 33.6 Å². The number of carbonyl (C=O) groups excluding carboxylic acids is 1. The minimum atomic E-state index is -0.482. The van der Waals surface area contributed by atoms with Crippen molar-refractivity contribution in [3.05, 3.63) is 58.1 Å². The zero-order valence-electron chi connectivity index (χ0n) is 12.6. The van der Waals surface area contributed by atoms with Gasteiger partial charge < -0.3 is 14.8 Å². The van der Waals surface area contributed by atoms with Crippen LogP contribution in [0.2, 0.25) is 0 Å². The number of ether oxygens (including phenoxy) is 2. The van der Waals surface area contributed by atoms with Crippen molar-refractivity contribution in [1.82, 2.24) is 0 Å². The van der Waals surface area contributed by atoms with Gasteiger partial charge in [0.1, 0.15) is 24.9 Å². The van der Waals surface area contributed by atoms with Crippen LogP contribution in [0.25, 0.3) is 6.08 Å². The number of rotatable bonds is 3. The Labute approximate surface area is 147 Å². The second-order valence-corrected chi connectivity index (χ2v) is 5.86. The first-order chi connectivity index (χ1) is 11.7. The number of nitrogens with one attached hydrogen (secondary N) is 1. The maximum atomic E-state index is 12.3. The van der Waals surface area contributed by atoms with E-state index < -0.39 is 5.91 Å². The number of hydrogen-bond acceptors (Lipinski definition) is 4. The number of fused-ring (bicyclic) bond motifs is 1. The van der Waals surface area contributed by atoms with Crippen LogP contribution >= 0.6 is 15.9 Å². The lowest BCUT2D eigenvalue weighted by Crippen LogP contribution is -2.17. The highest BCUT2D eigenvalue weighted by Gasteiger charge is 2.14. The van der Waals surface area contributed by atoms with E-state index in [9.17, 15) is 10.1 Å². The molecule has 1 heterocycles. The van der Waals surface area contributed by atoms with Gasteiger partial charge in [0.2, 0.25) is 0 Å². The quantitative estimate of drug-likeness (QED) is 0.645. The predicted octanol–water partition coefficient (Wildman–Crippen LogP) is 3.77. The Morgan fingerprint density at radius 1 is 1.17 bits per heavy atom. The molecule has 2 aromatic rings. The number of amides is 1. The van der Waals surface area contributed by atoms with Crippen molar-refractivity contribution in [3.8, 4) is 17.6 Å². The van der Waals surface area contributed by atoms with Crippen molar-refractivity contribution in [3.63, 3.8) is 0 Å². The van der Waals surface area contributed by atoms with Crippen LogP contribution in [-0.2, 0) is 4.79 Å². The van der Waals surface area contributed by atoms with Gasteiger partial charge in [0, 0.05) is 16.2 Å². The Balaban J connectivity index is 1.80. The van der Waals surface area contributed by atoms with Crippen molar-refractivity contribution in [2.24, 2.45) is 0 Å². The van der Waals surface area contributed by atoms with Crippen molar-refractivity contribution in [2.45, 2.75) is 0 Å². The SMILES string of the molecule is N#C/C(=C/c1ccccc1Br)C(=O)Nc1ccc2c(c1)OCCO2. The molecule has 1 N–H and O–H groups in total. The smallest absolute Gasteiger partial charge is 0.266 e. The molecule has 0 radical (unpaired) electrons. The average Bonchev–Trinajstić information content (AvgIpc) is 2.61. The summed E-state index contributed by atoms with van der Waals surface area (Å²) >= 11 is 3.39. The number of halogens is 1. The maximum Gasteiger partial charge on any atom is 0.266 e. The van der Waals surface area contributed by atoms with Crippen LogP contribution in [0.3, 0.4) is 0 Å². The fourth-order valence-electron chi connectivity index (χ4n) is 2.22. The molecule has 3 rings (SSSR count). The molecule has 24 heavy (non-hydrogen) atoms. The third kappa shape index (κ3) is 3.58. The molecule has 5 nitrogen and oxygen atoms in total. The summed E-state index contributed by atoms with van der Waals surface area (Å²) in [7, 11) is 0. The standard InChI is InChI=1S/C18H13BrN2O3/c19-15-4-2-1-3-12(15)9-13(11-20)18(22)21-14-5-6-16-17(10-14)24-8-7-23-16/h1-6,9-10H,7-8H2,(H,21,22)/b13-9-.